The van der Waals surface area contributed by atoms with Crippen molar-refractivity contribution in [3.63, 3.8) is 0 Å². The van der Waals surface area contributed by atoms with E-state index in [-0.39, 0.29) is 5.76 Å². The third-order valence-corrected chi connectivity index (χ3v) is 4.38. The molecular formula is C19H24N2O4. The fourth-order valence-electron chi connectivity index (χ4n) is 2.94. The first-order chi connectivity index (χ1) is 12.3. The Labute approximate surface area is 147 Å². The van der Waals surface area contributed by atoms with Gasteiger partial charge in [-0.05, 0) is 42.8 Å². The van der Waals surface area contributed by atoms with Crippen molar-refractivity contribution in [2.24, 2.45) is 0 Å². The van der Waals surface area contributed by atoms with Crippen LogP contribution in [0.5, 0.6) is 5.75 Å². The highest BCUT2D eigenvalue weighted by Gasteiger charge is 2.17. The Morgan fingerprint density at radius 2 is 1.88 bits per heavy atom. The zero-order chi connectivity index (χ0) is 17.5. The summed E-state index contributed by atoms with van der Waals surface area (Å²) in [6.45, 7) is 5.37. The molecule has 2 aromatic rings. The maximum absolute atomic E-state index is 11.7. The number of carbonyl (C=O) groups is 1. The number of benzene rings is 1. The molecule has 0 aliphatic carbocycles. The van der Waals surface area contributed by atoms with E-state index in [4.69, 9.17) is 13.9 Å². The molecule has 25 heavy (non-hydrogen) atoms. The molecule has 1 saturated heterocycles. The predicted molar refractivity (Wildman–Crippen MR) is 95.3 cm³/mol. The van der Waals surface area contributed by atoms with Crippen LogP contribution in [0.4, 0.5) is 5.69 Å². The SMILES string of the molecule is COc1ccc(N2CCN(CCCOC(=O)c3ccco3)CC2)cc1. The monoisotopic (exact) mass is 344 g/mol. The summed E-state index contributed by atoms with van der Waals surface area (Å²) in [4.78, 5) is 16.4. The van der Waals surface area contributed by atoms with Crippen LogP contribution in [0, 0.1) is 0 Å². The van der Waals surface area contributed by atoms with Crippen molar-refractivity contribution in [3.05, 3.63) is 48.4 Å². The van der Waals surface area contributed by atoms with Crippen LogP contribution in [0.25, 0.3) is 0 Å². The zero-order valence-corrected chi connectivity index (χ0v) is 14.5. The molecule has 6 nitrogen and oxygen atoms in total. The molecule has 0 amide bonds. The Kier molecular flexibility index (Phi) is 5.95. The standard InChI is InChI=1S/C19H24N2O4/c1-23-17-7-5-16(6-8-17)21-12-10-20(11-13-21)9-3-15-25-19(22)18-4-2-14-24-18/h2,4-8,14H,3,9-13,15H2,1H3. The van der Waals surface area contributed by atoms with Gasteiger partial charge >= 0.3 is 5.97 Å². The summed E-state index contributed by atoms with van der Waals surface area (Å²) >= 11 is 0. The van der Waals surface area contributed by atoms with Crippen molar-refractivity contribution in [1.82, 2.24) is 4.90 Å². The summed E-state index contributed by atoms with van der Waals surface area (Å²) in [7, 11) is 1.68. The molecule has 0 N–H and O–H groups in total. The largest absolute Gasteiger partial charge is 0.497 e. The topological polar surface area (TPSA) is 55.2 Å². The number of esters is 1. The number of ether oxygens (including phenoxy) is 2. The number of furan rings is 1. The van der Waals surface area contributed by atoms with Crippen molar-refractivity contribution >= 4 is 11.7 Å². The summed E-state index contributed by atoms with van der Waals surface area (Å²) in [6, 6.07) is 11.5. The van der Waals surface area contributed by atoms with E-state index >= 15 is 0 Å². The van der Waals surface area contributed by atoms with E-state index < -0.39 is 5.97 Å². The smallest absolute Gasteiger partial charge is 0.374 e. The Hall–Kier alpha value is -2.47. The third-order valence-electron chi connectivity index (χ3n) is 4.38. The van der Waals surface area contributed by atoms with Crippen LogP contribution in [0.1, 0.15) is 17.0 Å². The fraction of sp³-hybridized carbons (Fsp3) is 0.421. The van der Waals surface area contributed by atoms with Gasteiger partial charge in [-0.1, -0.05) is 0 Å². The second-order valence-corrected chi connectivity index (χ2v) is 5.99. The number of hydrogen-bond donors (Lipinski definition) is 0. The van der Waals surface area contributed by atoms with Gasteiger partial charge in [0.1, 0.15) is 5.75 Å². The van der Waals surface area contributed by atoms with Gasteiger partial charge in [-0.25, -0.2) is 4.79 Å². The first-order valence-electron chi connectivity index (χ1n) is 8.58. The van der Waals surface area contributed by atoms with Crippen LogP contribution in [0.3, 0.4) is 0 Å². The lowest BCUT2D eigenvalue weighted by Gasteiger charge is -2.36. The van der Waals surface area contributed by atoms with Crippen molar-refractivity contribution in [1.29, 1.82) is 0 Å². The van der Waals surface area contributed by atoms with Gasteiger partial charge < -0.3 is 18.8 Å². The van der Waals surface area contributed by atoms with Gasteiger partial charge in [0.2, 0.25) is 5.76 Å². The molecule has 1 aliphatic rings. The third kappa shape index (κ3) is 4.76. The predicted octanol–water partition coefficient (Wildman–Crippen LogP) is 2.66. The summed E-state index contributed by atoms with van der Waals surface area (Å²) in [5.74, 6) is 0.744. The normalized spacial score (nSPS) is 15.2. The van der Waals surface area contributed by atoms with Gasteiger partial charge in [0.05, 0.1) is 20.0 Å². The van der Waals surface area contributed by atoms with Crippen LogP contribution in [-0.4, -0.2) is 57.3 Å². The first kappa shape index (κ1) is 17.4. The lowest BCUT2D eigenvalue weighted by molar-refractivity contribution is 0.0451. The highest BCUT2D eigenvalue weighted by molar-refractivity contribution is 5.86. The molecule has 1 aliphatic heterocycles. The summed E-state index contributed by atoms with van der Waals surface area (Å²) in [5, 5.41) is 0. The van der Waals surface area contributed by atoms with Crippen LogP contribution in [-0.2, 0) is 4.74 Å². The Morgan fingerprint density at radius 3 is 2.52 bits per heavy atom. The average molecular weight is 344 g/mol. The second kappa shape index (κ2) is 8.58. The number of piperazine rings is 1. The Morgan fingerprint density at radius 1 is 1.12 bits per heavy atom. The van der Waals surface area contributed by atoms with E-state index in [1.165, 1.54) is 12.0 Å². The highest BCUT2D eigenvalue weighted by Crippen LogP contribution is 2.20. The van der Waals surface area contributed by atoms with Gasteiger partial charge in [-0.3, -0.25) is 4.90 Å². The fourth-order valence-corrected chi connectivity index (χ4v) is 2.94. The highest BCUT2D eigenvalue weighted by atomic mass is 16.5. The van der Waals surface area contributed by atoms with Crippen LogP contribution < -0.4 is 9.64 Å². The number of hydrogen-bond acceptors (Lipinski definition) is 6. The molecule has 134 valence electrons. The first-order valence-corrected chi connectivity index (χ1v) is 8.58. The van der Waals surface area contributed by atoms with Gasteiger partial charge in [0, 0.05) is 38.4 Å². The Bertz CT molecular complexity index is 647. The molecule has 6 heteroatoms. The number of methoxy groups -OCH3 is 1. The molecule has 0 atom stereocenters. The molecule has 1 aromatic heterocycles. The van der Waals surface area contributed by atoms with E-state index in [9.17, 15) is 4.79 Å². The number of anilines is 1. The minimum absolute atomic E-state index is 0.258. The van der Waals surface area contributed by atoms with E-state index in [1.54, 1.807) is 19.2 Å². The molecule has 0 bridgehead atoms. The van der Waals surface area contributed by atoms with Gasteiger partial charge in [-0.2, -0.15) is 0 Å². The van der Waals surface area contributed by atoms with Crippen molar-refractivity contribution < 1.29 is 18.7 Å². The van der Waals surface area contributed by atoms with E-state index in [0.717, 1.165) is 44.9 Å². The summed E-state index contributed by atoms with van der Waals surface area (Å²) in [6.07, 6.45) is 2.30. The minimum atomic E-state index is -0.394. The quantitative estimate of drug-likeness (QED) is 0.569. The molecule has 2 heterocycles. The van der Waals surface area contributed by atoms with Crippen LogP contribution >= 0.6 is 0 Å². The molecule has 0 spiro atoms. The molecule has 0 radical (unpaired) electrons. The lowest BCUT2D eigenvalue weighted by atomic mass is 10.2. The van der Waals surface area contributed by atoms with Crippen molar-refractivity contribution in [2.45, 2.75) is 6.42 Å². The number of carbonyl (C=O) groups excluding carboxylic acids is 1. The molecule has 3 rings (SSSR count). The van der Waals surface area contributed by atoms with Gasteiger partial charge in [0.15, 0.2) is 0 Å². The molecule has 1 fully saturated rings. The lowest BCUT2D eigenvalue weighted by Crippen LogP contribution is -2.46. The summed E-state index contributed by atoms with van der Waals surface area (Å²) < 4.78 is 15.4. The van der Waals surface area contributed by atoms with Gasteiger partial charge in [0.25, 0.3) is 0 Å². The zero-order valence-electron chi connectivity index (χ0n) is 14.5. The molecular weight excluding hydrogens is 320 g/mol. The van der Waals surface area contributed by atoms with Gasteiger partial charge in [-0.15, -0.1) is 0 Å². The minimum Gasteiger partial charge on any atom is -0.497 e. The van der Waals surface area contributed by atoms with E-state index in [0.29, 0.717) is 6.61 Å². The average Bonchev–Trinajstić information content (AvgIpc) is 3.21. The number of nitrogens with zero attached hydrogens (tertiary/aromatic N) is 2. The van der Waals surface area contributed by atoms with Crippen molar-refractivity contribution in [3.8, 4) is 5.75 Å². The Balaban J connectivity index is 1.34. The van der Waals surface area contributed by atoms with E-state index in [2.05, 4.69) is 21.9 Å². The van der Waals surface area contributed by atoms with Crippen LogP contribution in [0.2, 0.25) is 0 Å². The molecule has 1 aromatic carbocycles. The maximum atomic E-state index is 11.7. The summed E-state index contributed by atoms with van der Waals surface area (Å²) in [5.41, 5.74) is 1.23. The maximum Gasteiger partial charge on any atom is 0.374 e. The van der Waals surface area contributed by atoms with E-state index in [1.807, 2.05) is 12.1 Å². The number of rotatable bonds is 7. The second-order valence-electron chi connectivity index (χ2n) is 5.99. The molecule has 0 unspecified atom stereocenters. The molecule has 0 saturated carbocycles. The van der Waals surface area contributed by atoms with Crippen molar-refractivity contribution in [2.75, 3.05) is 51.3 Å². The van der Waals surface area contributed by atoms with Crippen LogP contribution in [0.15, 0.2) is 47.1 Å².